The first-order chi connectivity index (χ1) is 18.2. The van der Waals surface area contributed by atoms with Crippen LogP contribution in [0.4, 0.5) is 8.78 Å². The molecule has 3 aromatic rings. The molecule has 0 spiro atoms. The summed E-state index contributed by atoms with van der Waals surface area (Å²) in [6.45, 7) is 6.65. The molecule has 1 aliphatic rings. The van der Waals surface area contributed by atoms with Crippen molar-refractivity contribution in [3.05, 3.63) is 100 Å². The van der Waals surface area contributed by atoms with Gasteiger partial charge in [-0.25, -0.2) is 8.78 Å². The number of halogens is 2. The van der Waals surface area contributed by atoms with Crippen LogP contribution in [0, 0.1) is 11.6 Å². The van der Waals surface area contributed by atoms with E-state index in [1.165, 1.54) is 17.7 Å². The number of benzene rings is 3. The van der Waals surface area contributed by atoms with E-state index in [1.807, 2.05) is 37.3 Å². The highest BCUT2D eigenvalue weighted by Crippen LogP contribution is 2.31. The van der Waals surface area contributed by atoms with E-state index in [9.17, 15) is 18.7 Å². The molecule has 5 nitrogen and oxygen atoms in total. The van der Waals surface area contributed by atoms with Crippen molar-refractivity contribution < 1.29 is 23.4 Å². The molecule has 1 amide bonds. The topological polar surface area (TPSA) is 70.6 Å². The molecule has 0 aliphatic carbocycles. The zero-order valence-electron chi connectivity index (χ0n) is 22.1. The van der Waals surface area contributed by atoms with Gasteiger partial charge >= 0.3 is 0 Å². The number of carbonyl (C=O) groups excluding carboxylic acids is 1. The lowest BCUT2D eigenvalue weighted by Crippen LogP contribution is -2.49. The summed E-state index contributed by atoms with van der Waals surface area (Å²) in [5, 5.41) is 17.2. The van der Waals surface area contributed by atoms with Gasteiger partial charge in [0.15, 0.2) is 0 Å². The van der Waals surface area contributed by atoms with Crippen LogP contribution >= 0.6 is 0 Å². The zero-order chi connectivity index (χ0) is 27.2. The van der Waals surface area contributed by atoms with Gasteiger partial charge in [-0.05, 0) is 72.7 Å². The van der Waals surface area contributed by atoms with Gasteiger partial charge in [-0.15, -0.1) is 0 Å². The molecule has 202 valence electrons. The van der Waals surface area contributed by atoms with E-state index in [0.717, 1.165) is 41.3 Å². The molecule has 38 heavy (non-hydrogen) atoms. The monoisotopic (exact) mass is 522 g/mol. The van der Waals surface area contributed by atoms with Crippen LogP contribution in [0.3, 0.4) is 0 Å². The van der Waals surface area contributed by atoms with E-state index in [0.29, 0.717) is 12.1 Å². The molecule has 4 atom stereocenters. The Labute approximate surface area is 223 Å². The molecule has 0 fully saturated rings. The first-order valence-corrected chi connectivity index (χ1v) is 13.2. The molecular weight excluding hydrogens is 486 g/mol. The third-order valence-electron chi connectivity index (χ3n) is 7.07. The van der Waals surface area contributed by atoms with Crippen molar-refractivity contribution in [1.82, 2.24) is 10.6 Å². The SMILES string of the molecule is CCc1cccc(CNC[C@H](O)[C@@H](Cc2cc(F)cc(F)c2)NC(=O)C(C)c2ccc3c(c2)CC(C)O3)c1. The summed E-state index contributed by atoms with van der Waals surface area (Å²) < 4.78 is 33.5. The second kappa shape index (κ2) is 12.5. The summed E-state index contributed by atoms with van der Waals surface area (Å²) in [6, 6.07) is 16.4. The first-order valence-electron chi connectivity index (χ1n) is 13.2. The highest BCUT2D eigenvalue weighted by Gasteiger charge is 2.27. The Kier molecular flexibility index (Phi) is 9.13. The van der Waals surface area contributed by atoms with Crippen molar-refractivity contribution in [3.8, 4) is 5.75 Å². The zero-order valence-corrected chi connectivity index (χ0v) is 22.1. The van der Waals surface area contributed by atoms with Gasteiger partial charge in [0, 0.05) is 25.6 Å². The van der Waals surface area contributed by atoms with E-state index >= 15 is 0 Å². The van der Waals surface area contributed by atoms with E-state index in [-0.39, 0.29) is 25.0 Å². The molecule has 4 rings (SSSR count). The quantitative estimate of drug-likeness (QED) is 0.337. The van der Waals surface area contributed by atoms with Crippen LogP contribution in [0.5, 0.6) is 5.75 Å². The van der Waals surface area contributed by atoms with Crippen molar-refractivity contribution >= 4 is 5.91 Å². The second-order valence-electron chi connectivity index (χ2n) is 10.2. The van der Waals surface area contributed by atoms with Crippen LogP contribution in [-0.2, 0) is 30.6 Å². The third-order valence-corrected chi connectivity index (χ3v) is 7.07. The Morgan fingerprint density at radius 3 is 2.53 bits per heavy atom. The first kappa shape index (κ1) is 27.7. The Morgan fingerprint density at radius 1 is 1.05 bits per heavy atom. The number of aliphatic hydroxyl groups excluding tert-OH is 1. The second-order valence-corrected chi connectivity index (χ2v) is 10.2. The van der Waals surface area contributed by atoms with Crippen molar-refractivity contribution in [3.63, 3.8) is 0 Å². The Hall–Kier alpha value is -3.29. The fourth-order valence-corrected chi connectivity index (χ4v) is 4.90. The molecule has 1 heterocycles. The molecule has 2 unspecified atom stereocenters. The average Bonchev–Trinajstić information content (AvgIpc) is 3.26. The van der Waals surface area contributed by atoms with Crippen LogP contribution in [0.25, 0.3) is 0 Å². The number of aliphatic hydroxyl groups is 1. The summed E-state index contributed by atoms with van der Waals surface area (Å²) in [4.78, 5) is 13.3. The van der Waals surface area contributed by atoms with Gasteiger partial charge in [0.2, 0.25) is 5.91 Å². The molecular formula is C31H36F2N2O3. The van der Waals surface area contributed by atoms with E-state index in [1.54, 1.807) is 6.92 Å². The van der Waals surface area contributed by atoms with Crippen molar-refractivity contribution in [2.45, 2.75) is 70.7 Å². The number of carbonyl (C=O) groups is 1. The summed E-state index contributed by atoms with van der Waals surface area (Å²) in [5.41, 5.74) is 4.59. The molecule has 0 bridgehead atoms. The predicted octanol–water partition coefficient (Wildman–Crippen LogP) is 4.83. The number of amides is 1. The predicted molar refractivity (Wildman–Crippen MR) is 144 cm³/mol. The van der Waals surface area contributed by atoms with Gasteiger partial charge in [0.25, 0.3) is 0 Å². The van der Waals surface area contributed by atoms with Crippen LogP contribution < -0.4 is 15.4 Å². The van der Waals surface area contributed by atoms with Gasteiger partial charge in [-0.2, -0.15) is 0 Å². The number of rotatable bonds is 11. The maximum absolute atomic E-state index is 13.9. The standard InChI is InChI=1S/C31H36F2N2O3/c1-4-21-6-5-7-22(11-21)17-34-18-29(36)28(14-23-12-26(32)16-27(33)13-23)35-31(37)20(3)24-8-9-30-25(15-24)10-19(2)38-30/h5-9,11-13,15-16,19-20,28-29,34,36H,4,10,14,17-18H2,1-3H3,(H,35,37)/t19?,20?,28-,29+/m1/s1. The highest BCUT2D eigenvalue weighted by molar-refractivity contribution is 5.83. The Morgan fingerprint density at radius 2 is 1.79 bits per heavy atom. The number of aryl methyl sites for hydroxylation is 1. The molecule has 1 aliphatic heterocycles. The van der Waals surface area contributed by atoms with Crippen LogP contribution in [0.1, 0.15) is 54.5 Å². The summed E-state index contributed by atoms with van der Waals surface area (Å²) in [6.07, 6.45) is 0.922. The van der Waals surface area contributed by atoms with Crippen molar-refractivity contribution in [2.24, 2.45) is 0 Å². The number of hydrogen-bond acceptors (Lipinski definition) is 4. The van der Waals surface area contributed by atoms with E-state index < -0.39 is 29.7 Å². The van der Waals surface area contributed by atoms with Crippen molar-refractivity contribution in [1.29, 1.82) is 0 Å². The number of ether oxygens (including phenoxy) is 1. The largest absolute Gasteiger partial charge is 0.490 e. The Balaban J connectivity index is 1.45. The fraction of sp³-hybridized carbons (Fsp3) is 0.387. The normalized spacial score (nSPS) is 16.8. The smallest absolute Gasteiger partial charge is 0.227 e. The number of fused-ring (bicyclic) bond motifs is 1. The maximum atomic E-state index is 13.9. The van der Waals surface area contributed by atoms with Gasteiger partial charge in [-0.3, -0.25) is 4.79 Å². The molecule has 3 aromatic carbocycles. The van der Waals surface area contributed by atoms with Crippen LogP contribution in [-0.4, -0.2) is 35.8 Å². The lowest BCUT2D eigenvalue weighted by molar-refractivity contribution is -0.123. The minimum atomic E-state index is -0.985. The molecule has 7 heteroatoms. The van der Waals surface area contributed by atoms with E-state index in [2.05, 4.69) is 29.7 Å². The van der Waals surface area contributed by atoms with Crippen LogP contribution in [0.15, 0.2) is 60.7 Å². The summed E-state index contributed by atoms with van der Waals surface area (Å²) in [5.74, 6) is -1.31. The molecule has 0 saturated carbocycles. The van der Waals surface area contributed by atoms with Gasteiger partial charge in [0.05, 0.1) is 18.1 Å². The minimum absolute atomic E-state index is 0.0802. The number of nitrogens with one attached hydrogen (secondary N) is 2. The highest BCUT2D eigenvalue weighted by atomic mass is 19.1. The molecule has 3 N–H and O–H groups in total. The van der Waals surface area contributed by atoms with E-state index in [4.69, 9.17) is 4.74 Å². The van der Waals surface area contributed by atoms with Crippen LogP contribution in [0.2, 0.25) is 0 Å². The molecule has 0 aromatic heterocycles. The summed E-state index contributed by atoms with van der Waals surface area (Å²) in [7, 11) is 0. The average molecular weight is 523 g/mol. The maximum Gasteiger partial charge on any atom is 0.227 e. The minimum Gasteiger partial charge on any atom is -0.490 e. The number of hydrogen-bond donors (Lipinski definition) is 3. The molecule has 0 radical (unpaired) electrons. The lowest BCUT2D eigenvalue weighted by atomic mass is 9.95. The fourth-order valence-electron chi connectivity index (χ4n) is 4.90. The third kappa shape index (κ3) is 7.17. The molecule has 0 saturated heterocycles. The van der Waals surface area contributed by atoms with Gasteiger partial charge in [-0.1, -0.05) is 43.3 Å². The Bertz CT molecular complexity index is 1250. The van der Waals surface area contributed by atoms with Crippen molar-refractivity contribution in [2.75, 3.05) is 6.54 Å². The lowest BCUT2D eigenvalue weighted by Gasteiger charge is -2.26. The summed E-state index contributed by atoms with van der Waals surface area (Å²) >= 11 is 0. The van der Waals surface area contributed by atoms with Gasteiger partial charge in [0.1, 0.15) is 23.5 Å². The van der Waals surface area contributed by atoms with Gasteiger partial charge < -0.3 is 20.5 Å².